The Morgan fingerprint density at radius 2 is 2.13 bits per heavy atom. The van der Waals surface area contributed by atoms with Crippen molar-refractivity contribution in [1.82, 2.24) is 15.3 Å². The number of carbonyl (C=O) groups is 2. The first-order valence-corrected chi connectivity index (χ1v) is 8.75. The molecule has 23 heavy (non-hydrogen) atoms. The van der Waals surface area contributed by atoms with Crippen molar-refractivity contribution in [1.29, 1.82) is 0 Å². The number of nitrogens with one attached hydrogen (secondary N) is 2. The summed E-state index contributed by atoms with van der Waals surface area (Å²) in [5.74, 6) is -0.503. The molecule has 8 heteroatoms. The summed E-state index contributed by atoms with van der Waals surface area (Å²) in [4.78, 5) is 31.8. The van der Waals surface area contributed by atoms with Gasteiger partial charge in [-0.2, -0.15) is 0 Å². The van der Waals surface area contributed by atoms with Gasteiger partial charge in [-0.1, -0.05) is 11.3 Å². The fourth-order valence-electron chi connectivity index (χ4n) is 1.76. The van der Waals surface area contributed by atoms with Gasteiger partial charge in [-0.05, 0) is 30.9 Å². The van der Waals surface area contributed by atoms with Gasteiger partial charge in [0.1, 0.15) is 0 Å². The summed E-state index contributed by atoms with van der Waals surface area (Å²) in [6.45, 7) is 1.91. The lowest BCUT2D eigenvalue weighted by atomic mass is 10.2. The first-order valence-electron chi connectivity index (χ1n) is 6.71. The Hall–Kier alpha value is -2.19. The lowest BCUT2D eigenvalue weighted by molar-refractivity contribution is -0.111. The molecule has 6 nitrogen and oxygen atoms in total. The van der Waals surface area contributed by atoms with E-state index in [4.69, 9.17) is 0 Å². The Morgan fingerprint density at radius 1 is 1.35 bits per heavy atom. The van der Waals surface area contributed by atoms with E-state index in [0.29, 0.717) is 16.3 Å². The maximum Gasteiger partial charge on any atom is 0.252 e. The summed E-state index contributed by atoms with van der Waals surface area (Å²) in [7, 11) is 1.55. The number of hydrogen-bond donors (Lipinski definition) is 2. The van der Waals surface area contributed by atoms with Crippen molar-refractivity contribution in [2.75, 3.05) is 18.6 Å². The Balaban J connectivity index is 2.04. The van der Waals surface area contributed by atoms with Gasteiger partial charge in [-0.25, -0.2) is 4.98 Å². The van der Waals surface area contributed by atoms with Gasteiger partial charge in [0.05, 0.1) is 15.5 Å². The predicted octanol–water partition coefficient (Wildman–Crippen LogP) is 2.58. The first kappa shape index (κ1) is 17.2. The molecule has 2 aromatic heterocycles. The van der Waals surface area contributed by atoms with Crippen LogP contribution in [0.1, 0.15) is 21.6 Å². The highest BCUT2D eigenvalue weighted by atomic mass is 32.2. The number of carbonyl (C=O) groups excluding carboxylic acids is 2. The number of amides is 2. The van der Waals surface area contributed by atoms with E-state index >= 15 is 0 Å². The molecule has 2 rings (SSSR count). The minimum Gasteiger partial charge on any atom is -0.355 e. The molecular weight excluding hydrogens is 332 g/mol. The summed E-state index contributed by atoms with van der Waals surface area (Å²) in [5.41, 5.74) is 2.01. The van der Waals surface area contributed by atoms with Crippen molar-refractivity contribution in [3.8, 4) is 0 Å². The molecule has 0 aliphatic carbocycles. The number of rotatable bonds is 5. The van der Waals surface area contributed by atoms with Gasteiger partial charge in [0.15, 0.2) is 5.13 Å². The molecule has 0 radical (unpaired) electrons. The van der Waals surface area contributed by atoms with Gasteiger partial charge in [0.2, 0.25) is 5.91 Å². The van der Waals surface area contributed by atoms with Crippen molar-refractivity contribution in [3.05, 3.63) is 41.4 Å². The molecular formula is C15H16N4O2S2. The summed E-state index contributed by atoms with van der Waals surface area (Å²) in [6.07, 6.45) is 8.01. The van der Waals surface area contributed by atoms with Gasteiger partial charge >= 0.3 is 0 Å². The van der Waals surface area contributed by atoms with E-state index < -0.39 is 0 Å². The van der Waals surface area contributed by atoms with Crippen molar-refractivity contribution >= 4 is 46.1 Å². The largest absolute Gasteiger partial charge is 0.355 e. The van der Waals surface area contributed by atoms with Gasteiger partial charge in [0, 0.05) is 25.5 Å². The van der Waals surface area contributed by atoms with Crippen LogP contribution in [0.25, 0.3) is 6.08 Å². The van der Waals surface area contributed by atoms with Crippen molar-refractivity contribution in [2.45, 2.75) is 11.1 Å². The molecule has 2 amide bonds. The van der Waals surface area contributed by atoms with Crippen LogP contribution in [0.5, 0.6) is 0 Å². The van der Waals surface area contributed by atoms with Crippen molar-refractivity contribution in [2.24, 2.45) is 0 Å². The molecule has 2 heterocycles. The molecule has 0 aliphatic heterocycles. The van der Waals surface area contributed by atoms with Gasteiger partial charge in [-0.15, -0.1) is 11.8 Å². The fraction of sp³-hybridized carbons (Fsp3) is 0.200. The molecule has 2 N–H and O–H groups in total. The molecule has 0 spiro atoms. The molecule has 120 valence electrons. The number of aromatic nitrogens is 2. The minimum absolute atomic E-state index is 0.222. The Labute approximate surface area is 142 Å². The lowest BCUT2D eigenvalue weighted by Gasteiger charge is -2.00. The molecule has 0 fully saturated rings. The Bertz CT molecular complexity index is 756. The average Bonchev–Trinajstić information content (AvgIpc) is 2.91. The monoisotopic (exact) mass is 348 g/mol. The van der Waals surface area contributed by atoms with E-state index in [9.17, 15) is 9.59 Å². The molecule has 0 saturated carbocycles. The van der Waals surface area contributed by atoms with Gasteiger partial charge < -0.3 is 5.32 Å². The maximum atomic E-state index is 11.9. The zero-order valence-corrected chi connectivity index (χ0v) is 14.5. The lowest BCUT2D eigenvalue weighted by Crippen LogP contribution is -2.17. The number of thiazole rings is 1. The normalized spacial score (nSPS) is 10.7. The highest BCUT2D eigenvalue weighted by molar-refractivity contribution is 8.00. The fourth-order valence-corrected chi connectivity index (χ4v) is 3.38. The van der Waals surface area contributed by atoms with Crippen LogP contribution in [-0.4, -0.2) is 35.1 Å². The van der Waals surface area contributed by atoms with Gasteiger partial charge in [-0.3, -0.25) is 19.9 Å². The van der Waals surface area contributed by atoms with Crippen molar-refractivity contribution in [3.63, 3.8) is 0 Å². The summed E-state index contributed by atoms with van der Waals surface area (Å²) in [6, 6.07) is 1.66. The second-order valence-corrected chi connectivity index (χ2v) is 6.58. The second kappa shape index (κ2) is 7.89. The number of nitrogens with zero attached hydrogens (tertiary/aromatic N) is 2. The molecule has 0 bridgehead atoms. The third-order valence-electron chi connectivity index (χ3n) is 2.85. The van der Waals surface area contributed by atoms with Gasteiger partial charge in [0.25, 0.3) is 5.91 Å². The van der Waals surface area contributed by atoms with Crippen LogP contribution < -0.4 is 10.6 Å². The molecule has 0 unspecified atom stereocenters. The number of pyridine rings is 1. The standard InChI is InChI=1S/C15H16N4O2S2/c1-9-14(22-3)23-15(18-9)19-12(20)5-4-10-6-11(8-17-7-10)13(21)16-2/h4-8H,1-3H3,(H,16,21)(H,18,19,20)/b5-4+. The van der Waals surface area contributed by atoms with Crippen LogP contribution in [0.3, 0.4) is 0 Å². The maximum absolute atomic E-state index is 11.9. The Morgan fingerprint density at radius 3 is 2.78 bits per heavy atom. The summed E-state index contributed by atoms with van der Waals surface area (Å²) < 4.78 is 1.08. The predicted molar refractivity (Wildman–Crippen MR) is 93.9 cm³/mol. The van der Waals surface area contributed by atoms with E-state index in [1.54, 1.807) is 37.1 Å². The third kappa shape index (κ3) is 4.64. The quantitative estimate of drug-likeness (QED) is 0.641. The average molecular weight is 348 g/mol. The van der Waals surface area contributed by atoms with Crippen molar-refractivity contribution < 1.29 is 9.59 Å². The van der Waals surface area contributed by atoms with Crippen LogP contribution >= 0.6 is 23.1 Å². The molecule has 0 atom stereocenters. The zero-order valence-electron chi connectivity index (χ0n) is 12.9. The van der Waals surface area contributed by atoms with Crippen LogP contribution in [0, 0.1) is 6.92 Å². The van der Waals surface area contributed by atoms with Crippen LogP contribution in [0.4, 0.5) is 5.13 Å². The van der Waals surface area contributed by atoms with Crippen LogP contribution in [0.2, 0.25) is 0 Å². The molecule has 0 aromatic carbocycles. The SMILES string of the molecule is CNC(=O)c1cncc(/C=C/C(=O)Nc2nc(C)c(SC)s2)c1. The van der Waals surface area contributed by atoms with E-state index in [1.807, 2.05) is 13.2 Å². The molecule has 0 aliphatic rings. The first-order chi connectivity index (χ1) is 11.0. The highest BCUT2D eigenvalue weighted by Gasteiger charge is 2.08. The van der Waals surface area contributed by atoms with E-state index in [0.717, 1.165) is 9.90 Å². The minimum atomic E-state index is -0.281. The number of thioether (sulfide) groups is 1. The Kier molecular flexibility index (Phi) is 5.89. The summed E-state index contributed by atoms with van der Waals surface area (Å²) >= 11 is 3.04. The topological polar surface area (TPSA) is 84.0 Å². The number of anilines is 1. The zero-order chi connectivity index (χ0) is 16.8. The molecule has 0 saturated heterocycles. The van der Waals surface area contributed by atoms with E-state index in [1.165, 1.54) is 23.6 Å². The summed E-state index contributed by atoms with van der Waals surface area (Å²) in [5, 5.41) is 5.82. The highest BCUT2D eigenvalue weighted by Crippen LogP contribution is 2.30. The number of aryl methyl sites for hydroxylation is 1. The smallest absolute Gasteiger partial charge is 0.252 e. The third-order valence-corrected chi connectivity index (χ3v) is 5.13. The van der Waals surface area contributed by atoms with E-state index in [2.05, 4.69) is 20.6 Å². The van der Waals surface area contributed by atoms with Crippen LogP contribution in [0.15, 0.2) is 28.7 Å². The van der Waals surface area contributed by atoms with Crippen LogP contribution in [-0.2, 0) is 4.79 Å². The number of hydrogen-bond acceptors (Lipinski definition) is 6. The molecule has 2 aromatic rings. The van der Waals surface area contributed by atoms with E-state index in [-0.39, 0.29) is 11.8 Å². The second-order valence-electron chi connectivity index (χ2n) is 4.50.